The van der Waals surface area contributed by atoms with E-state index >= 15 is 0 Å². The molecule has 1 aliphatic rings. The fourth-order valence-corrected chi connectivity index (χ4v) is 2.59. The van der Waals surface area contributed by atoms with Crippen molar-refractivity contribution in [3.63, 3.8) is 0 Å². The maximum absolute atomic E-state index is 12.4. The van der Waals surface area contributed by atoms with Gasteiger partial charge in [0.2, 0.25) is 5.91 Å². The van der Waals surface area contributed by atoms with Gasteiger partial charge < -0.3 is 15.0 Å². The van der Waals surface area contributed by atoms with E-state index in [9.17, 15) is 4.79 Å². The fourth-order valence-electron chi connectivity index (χ4n) is 2.59. The van der Waals surface area contributed by atoms with E-state index in [1.807, 2.05) is 38.2 Å². The number of ether oxygens (including phenoxy) is 1. The lowest BCUT2D eigenvalue weighted by molar-refractivity contribution is -0.133. The molecule has 2 rings (SSSR count). The van der Waals surface area contributed by atoms with Crippen molar-refractivity contribution < 1.29 is 9.53 Å². The topological polar surface area (TPSA) is 41.6 Å². The number of nitrogens with zero attached hydrogens (tertiary/aromatic N) is 1. The minimum atomic E-state index is -0.0204. The highest BCUT2D eigenvalue weighted by Crippen LogP contribution is 2.20. The zero-order valence-electron chi connectivity index (χ0n) is 12.4. The van der Waals surface area contributed by atoms with E-state index in [2.05, 4.69) is 5.32 Å². The first-order chi connectivity index (χ1) is 9.72. The molecule has 20 heavy (non-hydrogen) atoms. The van der Waals surface area contributed by atoms with Gasteiger partial charge in [0, 0.05) is 19.2 Å². The van der Waals surface area contributed by atoms with Gasteiger partial charge in [-0.2, -0.15) is 0 Å². The largest absolute Gasteiger partial charge is 0.494 e. The smallest absolute Gasteiger partial charge is 0.239 e. The lowest BCUT2D eigenvalue weighted by Crippen LogP contribution is -2.47. The highest BCUT2D eigenvalue weighted by Gasteiger charge is 2.23. The average Bonchev–Trinajstić information content (AvgIpc) is 2.49. The van der Waals surface area contributed by atoms with Crippen LogP contribution in [-0.2, 0) is 11.3 Å². The molecule has 1 N–H and O–H groups in total. The number of para-hydroxylation sites is 1. The molecule has 4 nitrogen and oxygen atoms in total. The van der Waals surface area contributed by atoms with Crippen LogP contribution in [-0.4, -0.2) is 37.0 Å². The van der Waals surface area contributed by atoms with Gasteiger partial charge in [-0.05, 0) is 32.4 Å². The van der Waals surface area contributed by atoms with Crippen molar-refractivity contribution in [3.8, 4) is 5.75 Å². The first kappa shape index (κ1) is 14.9. The van der Waals surface area contributed by atoms with Crippen LogP contribution >= 0.6 is 0 Å². The molecule has 110 valence electrons. The predicted octanol–water partition coefficient (Wildman–Crippen LogP) is 2.19. The van der Waals surface area contributed by atoms with Crippen LogP contribution in [0.5, 0.6) is 5.75 Å². The van der Waals surface area contributed by atoms with Gasteiger partial charge in [0.05, 0.1) is 12.6 Å². The molecule has 1 aromatic rings. The van der Waals surface area contributed by atoms with Crippen molar-refractivity contribution in [2.75, 3.05) is 20.2 Å². The van der Waals surface area contributed by atoms with Crippen LogP contribution in [0.15, 0.2) is 24.3 Å². The summed E-state index contributed by atoms with van der Waals surface area (Å²) in [6, 6.07) is 7.89. The van der Waals surface area contributed by atoms with E-state index in [1.54, 1.807) is 4.90 Å². The second kappa shape index (κ2) is 7.29. The third-order valence-electron chi connectivity index (χ3n) is 3.66. The standard InChI is InChI=1S/C16H24N2O2/c1-3-20-15-10-5-4-8-13(15)12-18(2)16(19)14-9-6-7-11-17-14/h4-5,8,10,14,17H,3,6-7,9,11-12H2,1-2H3/t14-/m1/s1. The van der Waals surface area contributed by atoms with Crippen LogP contribution in [0.25, 0.3) is 0 Å². The number of carbonyl (C=O) groups excluding carboxylic acids is 1. The van der Waals surface area contributed by atoms with E-state index in [4.69, 9.17) is 4.74 Å². The molecular weight excluding hydrogens is 252 g/mol. The Kier molecular flexibility index (Phi) is 5.41. The first-order valence-corrected chi connectivity index (χ1v) is 7.41. The summed E-state index contributed by atoms with van der Waals surface area (Å²) >= 11 is 0. The highest BCUT2D eigenvalue weighted by molar-refractivity contribution is 5.81. The van der Waals surface area contributed by atoms with Gasteiger partial charge in [-0.25, -0.2) is 0 Å². The second-order valence-electron chi connectivity index (χ2n) is 5.24. The van der Waals surface area contributed by atoms with Gasteiger partial charge >= 0.3 is 0 Å². The Morgan fingerprint density at radius 3 is 2.90 bits per heavy atom. The Bertz CT molecular complexity index is 442. The lowest BCUT2D eigenvalue weighted by atomic mass is 10.0. The lowest BCUT2D eigenvalue weighted by Gasteiger charge is -2.28. The van der Waals surface area contributed by atoms with Gasteiger partial charge in [-0.15, -0.1) is 0 Å². The van der Waals surface area contributed by atoms with Gasteiger partial charge in [0.1, 0.15) is 5.75 Å². The summed E-state index contributed by atoms with van der Waals surface area (Å²) < 4.78 is 5.61. The molecule has 0 aliphatic carbocycles. The third-order valence-corrected chi connectivity index (χ3v) is 3.66. The zero-order valence-corrected chi connectivity index (χ0v) is 12.4. The molecule has 1 amide bonds. The summed E-state index contributed by atoms with van der Waals surface area (Å²) in [5.74, 6) is 1.04. The quantitative estimate of drug-likeness (QED) is 0.896. The minimum Gasteiger partial charge on any atom is -0.494 e. The average molecular weight is 276 g/mol. The van der Waals surface area contributed by atoms with Crippen LogP contribution in [0, 0.1) is 0 Å². The molecule has 1 aliphatic heterocycles. The van der Waals surface area contributed by atoms with E-state index < -0.39 is 0 Å². The van der Waals surface area contributed by atoms with Crippen LogP contribution in [0.1, 0.15) is 31.7 Å². The molecule has 1 heterocycles. The molecule has 0 saturated carbocycles. The molecule has 1 atom stereocenters. The summed E-state index contributed by atoms with van der Waals surface area (Å²) in [4.78, 5) is 14.2. The predicted molar refractivity (Wildman–Crippen MR) is 79.7 cm³/mol. The number of hydrogen-bond donors (Lipinski definition) is 1. The van der Waals surface area contributed by atoms with Crippen LogP contribution in [0.2, 0.25) is 0 Å². The van der Waals surface area contributed by atoms with Crippen LogP contribution < -0.4 is 10.1 Å². The minimum absolute atomic E-state index is 0.0204. The normalized spacial score (nSPS) is 18.6. The maximum atomic E-state index is 12.4. The van der Waals surface area contributed by atoms with E-state index in [-0.39, 0.29) is 11.9 Å². The van der Waals surface area contributed by atoms with Crippen molar-refractivity contribution in [2.45, 2.75) is 38.8 Å². The Morgan fingerprint density at radius 1 is 1.40 bits per heavy atom. The molecular formula is C16H24N2O2. The number of benzene rings is 1. The Hall–Kier alpha value is -1.55. The summed E-state index contributed by atoms with van der Waals surface area (Å²) in [6.45, 7) is 4.14. The van der Waals surface area contributed by atoms with Gasteiger partial charge in [-0.3, -0.25) is 4.79 Å². The number of hydrogen-bond acceptors (Lipinski definition) is 3. The Balaban J connectivity index is 1.99. The molecule has 0 spiro atoms. The van der Waals surface area contributed by atoms with Crippen molar-refractivity contribution in [3.05, 3.63) is 29.8 Å². The summed E-state index contributed by atoms with van der Waals surface area (Å²) in [5.41, 5.74) is 1.06. The van der Waals surface area contributed by atoms with Crippen molar-refractivity contribution in [2.24, 2.45) is 0 Å². The first-order valence-electron chi connectivity index (χ1n) is 7.41. The second-order valence-corrected chi connectivity index (χ2v) is 5.24. The van der Waals surface area contributed by atoms with E-state index in [0.29, 0.717) is 13.2 Å². The fraction of sp³-hybridized carbons (Fsp3) is 0.562. The van der Waals surface area contributed by atoms with Crippen molar-refractivity contribution in [1.82, 2.24) is 10.2 Å². The van der Waals surface area contributed by atoms with Gasteiger partial charge in [0.25, 0.3) is 0 Å². The molecule has 0 aromatic heterocycles. The van der Waals surface area contributed by atoms with E-state index in [1.165, 1.54) is 6.42 Å². The van der Waals surface area contributed by atoms with Crippen molar-refractivity contribution >= 4 is 5.91 Å². The number of likely N-dealkylation sites (N-methyl/N-ethyl adjacent to an activating group) is 1. The van der Waals surface area contributed by atoms with Crippen LogP contribution in [0.3, 0.4) is 0 Å². The molecule has 0 radical (unpaired) electrons. The van der Waals surface area contributed by atoms with Gasteiger partial charge in [-0.1, -0.05) is 24.6 Å². The Morgan fingerprint density at radius 2 is 2.20 bits per heavy atom. The molecule has 1 fully saturated rings. The van der Waals surface area contributed by atoms with Gasteiger partial charge in [0.15, 0.2) is 0 Å². The monoisotopic (exact) mass is 276 g/mol. The van der Waals surface area contributed by atoms with Crippen molar-refractivity contribution in [1.29, 1.82) is 0 Å². The highest BCUT2D eigenvalue weighted by atomic mass is 16.5. The number of carbonyl (C=O) groups is 1. The summed E-state index contributed by atoms with van der Waals surface area (Å²) in [5, 5.41) is 3.30. The molecule has 1 saturated heterocycles. The summed E-state index contributed by atoms with van der Waals surface area (Å²) in [7, 11) is 1.86. The number of piperidine rings is 1. The number of rotatable bonds is 5. The summed E-state index contributed by atoms with van der Waals surface area (Å²) in [6.07, 6.45) is 3.24. The SMILES string of the molecule is CCOc1ccccc1CN(C)C(=O)[C@H]1CCCCN1. The zero-order chi connectivity index (χ0) is 14.4. The van der Waals surface area contributed by atoms with E-state index in [0.717, 1.165) is 30.7 Å². The molecule has 0 unspecified atom stereocenters. The molecule has 0 bridgehead atoms. The number of amides is 1. The number of nitrogens with one attached hydrogen (secondary N) is 1. The van der Waals surface area contributed by atoms with Crippen LogP contribution in [0.4, 0.5) is 0 Å². The maximum Gasteiger partial charge on any atom is 0.239 e. The molecule has 4 heteroatoms. The third kappa shape index (κ3) is 3.73. The molecule has 1 aromatic carbocycles. The Labute approximate surface area is 121 Å².